The van der Waals surface area contributed by atoms with Crippen LogP contribution in [0.15, 0.2) is 35.1 Å². The molecule has 0 aliphatic carbocycles. The number of nitrogens with zero attached hydrogens (tertiary/aromatic N) is 3. The number of hydrogen-bond donors (Lipinski definition) is 2. The molecule has 2 N–H and O–H groups in total. The molecule has 3 aromatic rings. The van der Waals surface area contributed by atoms with Gasteiger partial charge in [0.25, 0.3) is 11.5 Å². The lowest BCUT2D eigenvalue weighted by molar-refractivity contribution is -0.137. The van der Waals surface area contributed by atoms with Crippen LogP contribution in [0.4, 0.5) is 19.0 Å². The number of benzene rings is 1. The zero-order valence-electron chi connectivity index (χ0n) is 15.9. The highest BCUT2D eigenvalue weighted by atomic mass is 19.4. The van der Waals surface area contributed by atoms with Crippen LogP contribution in [0.1, 0.15) is 39.8 Å². The summed E-state index contributed by atoms with van der Waals surface area (Å²) in [5.41, 5.74) is 0.536. The van der Waals surface area contributed by atoms with Crippen LogP contribution < -0.4 is 10.9 Å². The lowest BCUT2D eigenvalue weighted by Gasteiger charge is -2.11. The molecule has 0 saturated heterocycles. The summed E-state index contributed by atoms with van der Waals surface area (Å²) in [6.45, 7) is 5.23. The molecule has 0 bridgehead atoms. The number of alkyl halides is 3. The predicted octanol–water partition coefficient (Wildman–Crippen LogP) is 3.41. The van der Waals surface area contributed by atoms with E-state index >= 15 is 0 Å². The third-order valence-electron chi connectivity index (χ3n) is 4.31. The number of aromatic nitrogens is 4. The van der Waals surface area contributed by atoms with E-state index in [1.807, 2.05) is 6.92 Å². The highest BCUT2D eigenvalue weighted by Gasteiger charge is 2.30. The van der Waals surface area contributed by atoms with E-state index in [4.69, 9.17) is 0 Å². The summed E-state index contributed by atoms with van der Waals surface area (Å²) in [5.74, 6) is -0.274. The molecule has 2 aromatic heterocycles. The number of nitrogens with one attached hydrogen (secondary N) is 2. The van der Waals surface area contributed by atoms with Gasteiger partial charge in [0.15, 0.2) is 0 Å². The van der Waals surface area contributed by atoms with Crippen molar-refractivity contribution < 1.29 is 18.0 Å². The van der Waals surface area contributed by atoms with Gasteiger partial charge in [-0.15, -0.1) is 0 Å². The van der Waals surface area contributed by atoms with E-state index in [-0.39, 0.29) is 22.9 Å². The molecule has 0 aliphatic rings. The molecule has 0 saturated carbocycles. The fourth-order valence-corrected chi connectivity index (χ4v) is 2.86. The zero-order valence-corrected chi connectivity index (χ0v) is 15.9. The lowest BCUT2D eigenvalue weighted by Crippen LogP contribution is -2.22. The fraction of sp³-hybridized carbons (Fsp3) is 0.263. The first kappa shape index (κ1) is 20.3. The first-order valence-electron chi connectivity index (χ1n) is 8.75. The van der Waals surface area contributed by atoms with Gasteiger partial charge in [-0.2, -0.15) is 23.0 Å². The number of aryl methyl sites for hydroxylation is 2. The number of carbonyl (C=O) groups excluding carboxylic acids is 1. The number of aromatic amines is 1. The molecule has 1 aromatic carbocycles. The van der Waals surface area contributed by atoms with Crippen LogP contribution >= 0.6 is 0 Å². The van der Waals surface area contributed by atoms with Crippen LogP contribution in [0.25, 0.3) is 5.95 Å². The molecular weight excluding hydrogens is 387 g/mol. The van der Waals surface area contributed by atoms with E-state index in [0.717, 1.165) is 24.3 Å². The number of hydrogen-bond acceptors (Lipinski definition) is 4. The summed E-state index contributed by atoms with van der Waals surface area (Å²) in [6, 6.07) is 5.41. The zero-order chi connectivity index (χ0) is 21.3. The maximum atomic E-state index is 12.7. The summed E-state index contributed by atoms with van der Waals surface area (Å²) in [6.07, 6.45) is -3.96. The van der Waals surface area contributed by atoms with E-state index in [2.05, 4.69) is 20.4 Å². The Hall–Kier alpha value is -3.43. The highest BCUT2D eigenvalue weighted by molar-refractivity contribution is 6.04. The van der Waals surface area contributed by atoms with Gasteiger partial charge < -0.3 is 5.32 Å². The Morgan fingerprint density at radius 2 is 1.86 bits per heavy atom. The summed E-state index contributed by atoms with van der Waals surface area (Å²) >= 11 is 0. The van der Waals surface area contributed by atoms with Gasteiger partial charge in [0.1, 0.15) is 5.82 Å². The normalized spacial score (nSPS) is 11.5. The van der Waals surface area contributed by atoms with Crippen molar-refractivity contribution in [2.24, 2.45) is 0 Å². The lowest BCUT2D eigenvalue weighted by atomic mass is 10.1. The number of amides is 1. The van der Waals surface area contributed by atoms with E-state index in [9.17, 15) is 22.8 Å². The third-order valence-corrected chi connectivity index (χ3v) is 4.31. The Morgan fingerprint density at radius 3 is 2.41 bits per heavy atom. The van der Waals surface area contributed by atoms with Gasteiger partial charge in [-0.05, 0) is 44.5 Å². The molecule has 152 valence electrons. The first-order chi connectivity index (χ1) is 13.6. The minimum Gasteiger partial charge on any atom is -0.306 e. The topological polar surface area (TPSA) is 92.7 Å². The van der Waals surface area contributed by atoms with Gasteiger partial charge in [-0.25, -0.2) is 4.98 Å². The molecule has 0 aliphatic heterocycles. The van der Waals surface area contributed by atoms with Crippen LogP contribution in [0.5, 0.6) is 0 Å². The summed E-state index contributed by atoms with van der Waals surface area (Å²) < 4.78 is 39.3. The molecule has 0 radical (unpaired) electrons. The van der Waals surface area contributed by atoms with Gasteiger partial charge in [-0.1, -0.05) is 6.92 Å². The predicted molar refractivity (Wildman–Crippen MR) is 100 cm³/mol. The van der Waals surface area contributed by atoms with E-state index in [1.165, 1.54) is 4.68 Å². The molecule has 0 fully saturated rings. The van der Waals surface area contributed by atoms with Crippen molar-refractivity contribution in [2.45, 2.75) is 33.4 Å². The van der Waals surface area contributed by atoms with Crippen LogP contribution in [0.3, 0.4) is 0 Å². The largest absolute Gasteiger partial charge is 0.416 e. The van der Waals surface area contributed by atoms with Gasteiger partial charge in [0, 0.05) is 22.9 Å². The molecular formula is C19H18F3N5O2. The van der Waals surface area contributed by atoms with E-state index in [1.54, 1.807) is 19.9 Å². The Labute approximate surface area is 163 Å². The summed E-state index contributed by atoms with van der Waals surface area (Å²) in [5, 5.41) is 6.82. The van der Waals surface area contributed by atoms with Gasteiger partial charge in [0.05, 0.1) is 11.3 Å². The smallest absolute Gasteiger partial charge is 0.306 e. The molecule has 1 amide bonds. The SMILES string of the molecule is CCc1c(C)nc(-n2nc(C)cc2NC(=O)c2ccc(C(F)(F)F)cc2)[nH]c1=O. The van der Waals surface area contributed by atoms with Crippen molar-refractivity contribution in [1.29, 1.82) is 0 Å². The minimum absolute atomic E-state index is 0.0439. The maximum absolute atomic E-state index is 12.7. The number of H-pyrrole nitrogens is 1. The summed E-state index contributed by atoms with van der Waals surface area (Å²) in [7, 11) is 0. The van der Waals surface area contributed by atoms with Gasteiger partial charge in [-0.3, -0.25) is 14.6 Å². The van der Waals surface area contributed by atoms with Crippen molar-refractivity contribution in [3.8, 4) is 5.95 Å². The van der Waals surface area contributed by atoms with Crippen molar-refractivity contribution in [3.63, 3.8) is 0 Å². The van der Waals surface area contributed by atoms with Crippen LogP contribution in [0, 0.1) is 13.8 Å². The Balaban J connectivity index is 1.92. The second-order valence-corrected chi connectivity index (χ2v) is 6.42. The molecule has 0 atom stereocenters. The standard InChI is InChI=1S/C19H18F3N5O2/c1-4-14-11(3)23-18(25-17(14)29)27-15(9-10(2)26-27)24-16(28)12-5-7-13(8-6-12)19(20,21)22/h5-9H,4H2,1-3H3,(H,24,28)(H,23,25,29). The average molecular weight is 405 g/mol. The molecule has 3 rings (SSSR count). The van der Waals surface area contributed by atoms with E-state index < -0.39 is 17.6 Å². The molecule has 7 nitrogen and oxygen atoms in total. The van der Waals surface area contributed by atoms with Crippen LogP contribution in [0.2, 0.25) is 0 Å². The monoisotopic (exact) mass is 405 g/mol. The van der Waals surface area contributed by atoms with E-state index in [0.29, 0.717) is 23.4 Å². The third kappa shape index (κ3) is 4.20. The first-order valence-corrected chi connectivity index (χ1v) is 8.75. The van der Waals surface area contributed by atoms with Gasteiger partial charge >= 0.3 is 6.18 Å². The Morgan fingerprint density at radius 1 is 1.21 bits per heavy atom. The minimum atomic E-state index is -4.48. The fourth-order valence-electron chi connectivity index (χ4n) is 2.86. The van der Waals surface area contributed by atoms with Crippen LogP contribution in [-0.2, 0) is 12.6 Å². The molecule has 2 heterocycles. The van der Waals surface area contributed by atoms with Crippen molar-refractivity contribution >= 4 is 11.7 Å². The highest BCUT2D eigenvalue weighted by Crippen LogP contribution is 2.29. The molecule has 0 unspecified atom stereocenters. The van der Waals surface area contributed by atoms with Crippen molar-refractivity contribution in [3.05, 3.63) is 68.8 Å². The number of anilines is 1. The second kappa shape index (κ2) is 7.53. The quantitative estimate of drug-likeness (QED) is 0.696. The van der Waals surface area contributed by atoms with Crippen molar-refractivity contribution in [2.75, 3.05) is 5.32 Å². The Kier molecular flexibility index (Phi) is 5.27. The second-order valence-electron chi connectivity index (χ2n) is 6.42. The molecule has 29 heavy (non-hydrogen) atoms. The van der Waals surface area contributed by atoms with Crippen molar-refractivity contribution in [1.82, 2.24) is 19.7 Å². The maximum Gasteiger partial charge on any atom is 0.416 e. The Bertz CT molecular complexity index is 1110. The number of halogens is 3. The average Bonchev–Trinajstić information content (AvgIpc) is 3.01. The van der Waals surface area contributed by atoms with Gasteiger partial charge in [0.2, 0.25) is 5.95 Å². The molecule has 0 spiro atoms. The summed E-state index contributed by atoms with van der Waals surface area (Å²) in [4.78, 5) is 31.7. The number of rotatable bonds is 4. The molecule has 10 heteroatoms. The number of carbonyl (C=O) groups is 1. The van der Waals surface area contributed by atoms with Crippen LogP contribution in [-0.4, -0.2) is 25.7 Å².